The van der Waals surface area contributed by atoms with E-state index in [4.69, 9.17) is 18.9 Å². The molecule has 10 heteroatoms. The molecule has 0 fully saturated rings. The molecule has 222 valence electrons. The molecule has 1 aliphatic rings. The van der Waals surface area contributed by atoms with Crippen LogP contribution in [0.25, 0.3) is 6.08 Å². The Hall–Kier alpha value is -4.15. The van der Waals surface area contributed by atoms with E-state index < -0.39 is 12.0 Å². The fraction of sp³-hybridized carbons (Fsp3) is 0.242. The van der Waals surface area contributed by atoms with Crippen LogP contribution in [-0.4, -0.2) is 30.9 Å². The van der Waals surface area contributed by atoms with Gasteiger partial charge >= 0.3 is 5.97 Å². The van der Waals surface area contributed by atoms with Crippen LogP contribution in [0.3, 0.4) is 0 Å². The summed E-state index contributed by atoms with van der Waals surface area (Å²) < 4.78 is 25.7. The normalized spacial score (nSPS) is 14.6. The SMILES string of the molecule is CCOC(=O)C1=C(C)N=c2s/c(=C\c3cc(Br)c(OCc4ccccc4)c(OC)c3)c(=O)n2[C@H]1c1ccccc1OCC. The number of rotatable bonds is 10. The maximum Gasteiger partial charge on any atom is 0.338 e. The predicted molar refractivity (Wildman–Crippen MR) is 169 cm³/mol. The Bertz CT molecular complexity index is 1860. The van der Waals surface area contributed by atoms with Gasteiger partial charge in [0, 0.05) is 5.56 Å². The van der Waals surface area contributed by atoms with E-state index in [1.807, 2.05) is 73.7 Å². The molecule has 1 atom stereocenters. The minimum Gasteiger partial charge on any atom is -0.494 e. The fourth-order valence-electron chi connectivity index (χ4n) is 4.92. The molecule has 0 saturated heterocycles. The third kappa shape index (κ3) is 6.30. The number of para-hydroxylation sites is 1. The van der Waals surface area contributed by atoms with Crippen molar-refractivity contribution in [3.8, 4) is 17.2 Å². The topological polar surface area (TPSA) is 88.4 Å². The van der Waals surface area contributed by atoms with Crippen LogP contribution in [0.1, 0.15) is 43.5 Å². The number of aromatic nitrogens is 1. The van der Waals surface area contributed by atoms with Crippen LogP contribution in [-0.2, 0) is 16.1 Å². The highest BCUT2D eigenvalue weighted by atomic mass is 79.9. The Morgan fingerprint density at radius 1 is 1.02 bits per heavy atom. The van der Waals surface area contributed by atoms with Crippen molar-refractivity contribution in [2.24, 2.45) is 4.99 Å². The van der Waals surface area contributed by atoms with Gasteiger partial charge in [-0.1, -0.05) is 59.9 Å². The zero-order valence-corrected chi connectivity index (χ0v) is 26.7. The van der Waals surface area contributed by atoms with Gasteiger partial charge in [0.15, 0.2) is 16.3 Å². The predicted octanol–water partition coefficient (Wildman–Crippen LogP) is 5.55. The van der Waals surface area contributed by atoms with Crippen molar-refractivity contribution in [3.05, 3.63) is 119 Å². The largest absolute Gasteiger partial charge is 0.494 e. The molecule has 0 spiro atoms. The maximum absolute atomic E-state index is 14.1. The van der Waals surface area contributed by atoms with Crippen molar-refractivity contribution < 1.29 is 23.7 Å². The number of halogens is 1. The maximum atomic E-state index is 14.1. The lowest BCUT2D eigenvalue weighted by Gasteiger charge is -2.26. The van der Waals surface area contributed by atoms with Gasteiger partial charge in [-0.15, -0.1) is 0 Å². The summed E-state index contributed by atoms with van der Waals surface area (Å²) in [4.78, 5) is 32.4. The minimum absolute atomic E-state index is 0.196. The number of allylic oxidation sites excluding steroid dienone is 1. The molecule has 43 heavy (non-hydrogen) atoms. The van der Waals surface area contributed by atoms with Gasteiger partial charge in [0.1, 0.15) is 18.4 Å². The third-order valence-electron chi connectivity index (χ3n) is 6.81. The first-order valence-corrected chi connectivity index (χ1v) is 15.4. The van der Waals surface area contributed by atoms with Crippen molar-refractivity contribution in [1.29, 1.82) is 0 Å². The molecular weight excluding hydrogens is 632 g/mol. The average Bonchev–Trinajstić information content (AvgIpc) is 3.30. The monoisotopic (exact) mass is 662 g/mol. The summed E-state index contributed by atoms with van der Waals surface area (Å²) in [5.74, 6) is 1.15. The molecule has 1 aliphatic heterocycles. The van der Waals surface area contributed by atoms with Crippen LogP contribution < -0.4 is 29.1 Å². The van der Waals surface area contributed by atoms with Crippen molar-refractivity contribution in [3.63, 3.8) is 0 Å². The highest BCUT2D eigenvalue weighted by Crippen LogP contribution is 2.38. The minimum atomic E-state index is -0.768. The molecule has 2 heterocycles. The number of hydrogen-bond acceptors (Lipinski definition) is 8. The highest BCUT2D eigenvalue weighted by molar-refractivity contribution is 9.10. The second-order valence-corrected chi connectivity index (χ2v) is 11.4. The number of fused-ring (bicyclic) bond motifs is 1. The summed E-state index contributed by atoms with van der Waals surface area (Å²) in [7, 11) is 1.57. The number of thiazole rings is 1. The molecule has 0 radical (unpaired) electrons. The van der Waals surface area contributed by atoms with Crippen molar-refractivity contribution in [2.75, 3.05) is 20.3 Å². The van der Waals surface area contributed by atoms with Crippen molar-refractivity contribution in [2.45, 2.75) is 33.4 Å². The smallest absolute Gasteiger partial charge is 0.338 e. The summed E-state index contributed by atoms with van der Waals surface area (Å²) in [5.41, 5.74) is 2.95. The number of methoxy groups -OCH3 is 1. The Labute approximate surface area is 261 Å². The number of ether oxygens (including phenoxy) is 4. The molecule has 0 amide bonds. The lowest BCUT2D eigenvalue weighted by Crippen LogP contribution is -2.40. The van der Waals surface area contributed by atoms with E-state index in [-0.39, 0.29) is 12.2 Å². The van der Waals surface area contributed by atoms with Gasteiger partial charge in [0.05, 0.1) is 40.6 Å². The van der Waals surface area contributed by atoms with Gasteiger partial charge in [-0.25, -0.2) is 9.79 Å². The van der Waals surface area contributed by atoms with Gasteiger partial charge in [0.2, 0.25) is 0 Å². The summed E-state index contributed by atoms with van der Waals surface area (Å²) in [6.45, 7) is 6.39. The van der Waals surface area contributed by atoms with Crippen LogP contribution >= 0.6 is 27.3 Å². The molecule has 1 aromatic heterocycles. The van der Waals surface area contributed by atoms with E-state index in [2.05, 4.69) is 20.9 Å². The number of carbonyl (C=O) groups excluding carboxylic acids is 1. The summed E-state index contributed by atoms with van der Waals surface area (Å²) in [5, 5.41) is 0. The van der Waals surface area contributed by atoms with Gasteiger partial charge in [-0.2, -0.15) is 0 Å². The molecule has 0 unspecified atom stereocenters. The third-order valence-corrected chi connectivity index (χ3v) is 8.38. The molecule has 0 bridgehead atoms. The van der Waals surface area contributed by atoms with Gasteiger partial charge in [-0.05, 0) is 72.1 Å². The van der Waals surface area contributed by atoms with Crippen LogP contribution in [0.2, 0.25) is 0 Å². The van der Waals surface area contributed by atoms with E-state index in [0.717, 1.165) is 11.1 Å². The van der Waals surface area contributed by atoms with Crippen LogP contribution in [0.5, 0.6) is 17.2 Å². The number of benzene rings is 3. The van der Waals surface area contributed by atoms with Gasteiger partial charge < -0.3 is 18.9 Å². The van der Waals surface area contributed by atoms with E-state index in [9.17, 15) is 9.59 Å². The molecule has 4 aromatic rings. The van der Waals surface area contributed by atoms with E-state index >= 15 is 0 Å². The zero-order chi connectivity index (χ0) is 30.5. The Balaban J connectivity index is 1.61. The first-order valence-electron chi connectivity index (χ1n) is 13.8. The van der Waals surface area contributed by atoms with Gasteiger partial charge in [-0.3, -0.25) is 9.36 Å². The average molecular weight is 664 g/mol. The molecule has 8 nitrogen and oxygen atoms in total. The Morgan fingerprint density at radius 2 is 1.77 bits per heavy atom. The van der Waals surface area contributed by atoms with Crippen LogP contribution in [0.15, 0.2) is 92.3 Å². The Kier molecular flexibility index (Phi) is 9.47. The number of esters is 1. The molecule has 0 saturated carbocycles. The van der Waals surface area contributed by atoms with Crippen molar-refractivity contribution >= 4 is 39.3 Å². The molecule has 0 N–H and O–H groups in total. The van der Waals surface area contributed by atoms with E-state index in [0.29, 0.717) is 61.1 Å². The fourth-order valence-corrected chi connectivity index (χ4v) is 6.54. The molecule has 3 aromatic carbocycles. The standard InChI is InChI=1S/C33H31BrN2O6S/c1-5-40-25-15-11-10-14-23(25)29-28(32(38)41-6-2)20(3)35-33-36(29)31(37)27(43-33)18-22-16-24(34)30(26(17-22)39-4)42-19-21-12-8-7-9-13-21/h7-18,29H,5-6,19H2,1-4H3/b27-18-/t29-/m0/s1. The first-order chi connectivity index (χ1) is 20.9. The molecular formula is C33H31BrN2O6S. The lowest BCUT2D eigenvalue weighted by molar-refractivity contribution is -0.139. The second kappa shape index (κ2) is 13.4. The van der Waals surface area contributed by atoms with Crippen molar-refractivity contribution in [1.82, 2.24) is 4.57 Å². The number of hydrogen-bond donors (Lipinski definition) is 0. The summed E-state index contributed by atoms with van der Waals surface area (Å²) in [6.07, 6.45) is 1.78. The zero-order valence-electron chi connectivity index (χ0n) is 24.3. The number of carbonyl (C=O) groups is 1. The molecule has 0 aliphatic carbocycles. The Morgan fingerprint density at radius 3 is 2.49 bits per heavy atom. The quantitative estimate of drug-likeness (QED) is 0.207. The van der Waals surface area contributed by atoms with E-state index in [1.165, 1.54) is 11.3 Å². The first kappa shape index (κ1) is 30.3. The second-order valence-electron chi connectivity index (χ2n) is 9.58. The highest BCUT2D eigenvalue weighted by Gasteiger charge is 2.35. The lowest BCUT2D eigenvalue weighted by atomic mass is 9.95. The summed E-state index contributed by atoms with van der Waals surface area (Å²) >= 11 is 4.87. The molecule has 5 rings (SSSR count). The van der Waals surface area contributed by atoms with Gasteiger partial charge in [0.25, 0.3) is 5.56 Å². The van der Waals surface area contributed by atoms with E-state index in [1.54, 1.807) is 31.6 Å². The number of nitrogens with zero attached hydrogens (tertiary/aromatic N) is 2. The van der Waals surface area contributed by atoms with Crippen LogP contribution in [0, 0.1) is 0 Å². The van der Waals surface area contributed by atoms with Crippen LogP contribution in [0.4, 0.5) is 0 Å². The summed E-state index contributed by atoms with van der Waals surface area (Å²) in [6, 6.07) is 20.2.